The van der Waals surface area contributed by atoms with E-state index in [0.717, 1.165) is 48.8 Å². The highest BCUT2D eigenvalue weighted by molar-refractivity contribution is 6.30. The van der Waals surface area contributed by atoms with E-state index in [0.29, 0.717) is 6.42 Å². The molecule has 0 unspecified atom stereocenters. The van der Waals surface area contributed by atoms with Gasteiger partial charge in [-0.2, -0.15) is 0 Å². The van der Waals surface area contributed by atoms with E-state index in [1.54, 1.807) is 6.20 Å². The molecule has 1 amide bonds. The van der Waals surface area contributed by atoms with Crippen molar-refractivity contribution in [3.05, 3.63) is 59.4 Å². The minimum Gasteiger partial charge on any atom is -0.369 e. The van der Waals surface area contributed by atoms with Crippen LogP contribution < -0.4 is 10.2 Å². The number of aromatic nitrogens is 1. The number of rotatable bonds is 6. The van der Waals surface area contributed by atoms with Crippen LogP contribution in [0.3, 0.4) is 0 Å². The number of anilines is 1. The number of pyridine rings is 1. The zero-order chi connectivity index (χ0) is 16.8. The number of halogens is 1. The van der Waals surface area contributed by atoms with E-state index in [1.807, 2.05) is 36.4 Å². The molecular formula is C19H22ClN3O. The Morgan fingerprint density at radius 2 is 2.21 bits per heavy atom. The summed E-state index contributed by atoms with van der Waals surface area (Å²) >= 11 is 6.05. The summed E-state index contributed by atoms with van der Waals surface area (Å²) < 4.78 is 0. The number of nitrogens with zero attached hydrogens (tertiary/aromatic N) is 2. The Hall–Kier alpha value is -2.07. The highest BCUT2D eigenvalue weighted by atomic mass is 35.5. The molecule has 126 valence electrons. The van der Waals surface area contributed by atoms with Gasteiger partial charge in [-0.1, -0.05) is 23.7 Å². The van der Waals surface area contributed by atoms with Crippen molar-refractivity contribution in [2.24, 2.45) is 0 Å². The molecule has 2 heterocycles. The van der Waals surface area contributed by atoms with Gasteiger partial charge >= 0.3 is 0 Å². The molecule has 2 aromatic rings. The standard InChI is InChI=1S/C19H22ClN3O/c20-15-5-3-8-18(13-15)23-12-10-17(14-23)22-19(24)9-4-7-16-6-1-2-11-21-16/h1-3,5-6,8,11,13,17H,4,7,9-10,12,14H2,(H,22,24)/t17-/m1/s1. The average Bonchev–Trinajstić information content (AvgIpc) is 3.04. The van der Waals surface area contributed by atoms with Gasteiger partial charge in [0, 0.05) is 48.2 Å². The Labute approximate surface area is 147 Å². The molecule has 1 N–H and O–H groups in total. The fraction of sp³-hybridized carbons (Fsp3) is 0.368. The minimum atomic E-state index is 0.129. The Bertz CT molecular complexity index is 677. The minimum absolute atomic E-state index is 0.129. The summed E-state index contributed by atoms with van der Waals surface area (Å²) in [6.45, 7) is 1.78. The maximum Gasteiger partial charge on any atom is 0.220 e. The predicted molar refractivity (Wildman–Crippen MR) is 97.4 cm³/mol. The van der Waals surface area contributed by atoms with Gasteiger partial charge in [-0.05, 0) is 49.6 Å². The quantitative estimate of drug-likeness (QED) is 0.873. The molecule has 4 nitrogen and oxygen atoms in total. The van der Waals surface area contributed by atoms with Gasteiger partial charge < -0.3 is 10.2 Å². The van der Waals surface area contributed by atoms with E-state index >= 15 is 0 Å². The molecule has 1 saturated heterocycles. The van der Waals surface area contributed by atoms with Crippen LogP contribution in [-0.2, 0) is 11.2 Å². The fourth-order valence-electron chi connectivity index (χ4n) is 3.06. The average molecular weight is 344 g/mol. The van der Waals surface area contributed by atoms with Gasteiger partial charge in [0.25, 0.3) is 0 Å². The first-order chi connectivity index (χ1) is 11.7. The van der Waals surface area contributed by atoms with Crippen LogP contribution >= 0.6 is 11.6 Å². The van der Waals surface area contributed by atoms with Crippen molar-refractivity contribution < 1.29 is 4.79 Å². The van der Waals surface area contributed by atoms with Gasteiger partial charge in [0.1, 0.15) is 0 Å². The number of amides is 1. The second kappa shape index (κ2) is 8.15. The molecule has 1 fully saturated rings. The molecule has 1 aromatic carbocycles. The number of hydrogen-bond acceptors (Lipinski definition) is 3. The number of nitrogens with one attached hydrogen (secondary N) is 1. The molecular weight excluding hydrogens is 322 g/mol. The third-order valence-corrected chi connectivity index (χ3v) is 4.52. The molecule has 0 spiro atoms. The topological polar surface area (TPSA) is 45.2 Å². The highest BCUT2D eigenvalue weighted by Gasteiger charge is 2.23. The molecule has 1 aromatic heterocycles. The van der Waals surface area contributed by atoms with Gasteiger partial charge in [-0.25, -0.2) is 0 Å². The summed E-state index contributed by atoms with van der Waals surface area (Å²) in [5.74, 6) is 0.129. The van der Waals surface area contributed by atoms with Crippen molar-refractivity contribution in [2.45, 2.75) is 31.7 Å². The first-order valence-electron chi connectivity index (χ1n) is 8.40. The highest BCUT2D eigenvalue weighted by Crippen LogP contribution is 2.23. The lowest BCUT2D eigenvalue weighted by Crippen LogP contribution is -2.37. The number of carbonyl (C=O) groups is 1. The monoisotopic (exact) mass is 343 g/mol. The lowest BCUT2D eigenvalue weighted by molar-refractivity contribution is -0.121. The second-order valence-corrected chi connectivity index (χ2v) is 6.59. The molecule has 1 aliphatic heterocycles. The van der Waals surface area contributed by atoms with Crippen molar-refractivity contribution in [1.29, 1.82) is 0 Å². The zero-order valence-corrected chi connectivity index (χ0v) is 14.4. The van der Waals surface area contributed by atoms with Crippen molar-refractivity contribution in [3.63, 3.8) is 0 Å². The lowest BCUT2D eigenvalue weighted by atomic mass is 10.1. The molecule has 0 radical (unpaired) electrons. The molecule has 1 aliphatic rings. The molecule has 1 atom stereocenters. The third kappa shape index (κ3) is 4.71. The molecule has 3 rings (SSSR count). The first-order valence-corrected chi connectivity index (χ1v) is 8.78. The summed E-state index contributed by atoms with van der Waals surface area (Å²) in [6, 6.07) is 14.0. The van der Waals surface area contributed by atoms with Crippen LogP contribution in [0, 0.1) is 0 Å². The van der Waals surface area contributed by atoms with Crippen molar-refractivity contribution in [2.75, 3.05) is 18.0 Å². The summed E-state index contributed by atoms with van der Waals surface area (Å²) in [7, 11) is 0. The number of aryl methyl sites for hydroxylation is 1. The van der Waals surface area contributed by atoms with Crippen LogP contribution in [-0.4, -0.2) is 30.0 Å². The van der Waals surface area contributed by atoms with Crippen LogP contribution in [0.15, 0.2) is 48.7 Å². The number of hydrogen-bond donors (Lipinski definition) is 1. The Morgan fingerprint density at radius 1 is 1.29 bits per heavy atom. The summed E-state index contributed by atoms with van der Waals surface area (Å²) in [5, 5.41) is 3.89. The SMILES string of the molecule is O=C(CCCc1ccccn1)N[C@@H]1CCN(c2cccc(Cl)c2)C1. The van der Waals surface area contributed by atoms with Crippen LogP contribution in [0.1, 0.15) is 25.0 Å². The largest absolute Gasteiger partial charge is 0.369 e. The van der Waals surface area contributed by atoms with Crippen LogP contribution in [0.4, 0.5) is 5.69 Å². The molecule has 0 saturated carbocycles. The van der Waals surface area contributed by atoms with Gasteiger partial charge in [-0.3, -0.25) is 9.78 Å². The van der Waals surface area contributed by atoms with E-state index in [1.165, 1.54) is 0 Å². The lowest BCUT2D eigenvalue weighted by Gasteiger charge is -2.19. The van der Waals surface area contributed by atoms with Gasteiger partial charge in [0.05, 0.1) is 0 Å². The normalized spacial score (nSPS) is 17.0. The zero-order valence-electron chi connectivity index (χ0n) is 13.6. The van der Waals surface area contributed by atoms with Crippen molar-refractivity contribution >= 4 is 23.2 Å². The molecule has 0 bridgehead atoms. The van der Waals surface area contributed by atoms with E-state index in [2.05, 4.69) is 21.3 Å². The third-order valence-electron chi connectivity index (χ3n) is 4.29. The summed E-state index contributed by atoms with van der Waals surface area (Å²) in [5.41, 5.74) is 2.16. The van der Waals surface area contributed by atoms with E-state index in [-0.39, 0.29) is 11.9 Å². The van der Waals surface area contributed by atoms with Crippen LogP contribution in [0.5, 0.6) is 0 Å². The van der Waals surface area contributed by atoms with Crippen LogP contribution in [0.2, 0.25) is 5.02 Å². The van der Waals surface area contributed by atoms with E-state index in [9.17, 15) is 4.79 Å². The van der Waals surface area contributed by atoms with Crippen LogP contribution in [0.25, 0.3) is 0 Å². The van der Waals surface area contributed by atoms with Gasteiger partial charge in [0.2, 0.25) is 5.91 Å². The van der Waals surface area contributed by atoms with Gasteiger partial charge in [-0.15, -0.1) is 0 Å². The Morgan fingerprint density at radius 3 is 3.00 bits per heavy atom. The number of benzene rings is 1. The summed E-state index contributed by atoms with van der Waals surface area (Å²) in [6.07, 6.45) is 4.97. The molecule has 0 aliphatic carbocycles. The first kappa shape index (κ1) is 16.8. The predicted octanol–water partition coefficient (Wildman–Crippen LogP) is 3.45. The maximum atomic E-state index is 12.1. The second-order valence-electron chi connectivity index (χ2n) is 6.15. The fourth-order valence-corrected chi connectivity index (χ4v) is 3.25. The summed E-state index contributed by atoms with van der Waals surface area (Å²) in [4.78, 5) is 18.7. The smallest absolute Gasteiger partial charge is 0.220 e. The Balaban J connectivity index is 1.41. The number of carbonyl (C=O) groups excluding carboxylic acids is 1. The van der Waals surface area contributed by atoms with E-state index in [4.69, 9.17) is 11.6 Å². The Kier molecular flexibility index (Phi) is 5.70. The maximum absolute atomic E-state index is 12.1. The van der Waals surface area contributed by atoms with Crippen molar-refractivity contribution in [3.8, 4) is 0 Å². The van der Waals surface area contributed by atoms with Crippen molar-refractivity contribution in [1.82, 2.24) is 10.3 Å². The molecule has 5 heteroatoms. The van der Waals surface area contributed by atoms with Gasteiger partial charge in [0.15, 0.2) is 0 Å². The van der Waals surface area contributed by atoms with E-state index < -0.39 is 0 Å². The molecule has 24 heavy (non-hydrogen) atoms.